The van der Waals surface area contributed by atoms with E-state index >= 15 is 0 Å². The van der Waals surface area contributed by atoms with Crippen LogP contribution in [0, 0.1) is 5.82 Å². The van der Waals surface area contributed by atoms with E-state index in [-0.39, 0.29) is 17.1 Å². The van der Waals surface area contributed by atoms with Crippen LogP contribution in [-0.2, 0) is 0 Å². The lowest BCUT2D eigenvalue weighted by molar-refractivity contribution is 0.0698. The molecule has 0 aliphatic rings. The van der Waals surface area contributed by atoms with Crippen LogP contribution in [0.4, 0.5) is 15.9 Å². The van der Waals surface area contributed by atoms with E-state index in [4.69, 9.17) is 9.47 Å². The molecule has 2 aromatic carbocycles. The fraction of sp³-hybridized carbons (Fsp3) is 0.158. The van der Waals surface area contributed by atoms with Gasteiger partial charge in [-0.1, -0.05) is 0 Å². The van der Waals surface area contributed by atoms with Crippen molar-refractivity contribution < 1.29 is 23.8 Å². The Hall–Kier alpha value is -3.35. The Balaban J connectivity index is 2.05. The fourth-order valence-electron chi connectivity index (χ4n) is 2.51. The number of hydrogen-bond acceptors (Lipinski definition) is 5. The maximum Gasteiger partial charge on any atom is 0.339 e. The van der Waals surface area contributed by atoms with Crippen LogP contribution in [0.3, 0.4) is 0 Å². The highest BCUT2D eigenvalue weighted by molar-refractivity contribution is 5.99. The molecule has 0 amide bonds. The van der Waals surface area contributed by atoms with Crippen LogP contribution in [0.1, 0.15) is 17.3 Å². The van der Waals surface area contributed by atoms with Gasteiger partial charge in [-0.3, -0.25) is 0 Å². The number of carbonyl (C=O) groups is 1. The van der Waals surface area contributed by atoms with Crippen LogP contribution in [0.25, 0.3) is 10.9 Å². The molecular formula is C19H17FN2O4. The summed E-state index contributed by atoms with van der Waals surface area (Å²) < 4.78 is 24.7. The third-order valence-electron chi connectivity index (χ3n) is 3.76. The summed E-state index contributed by atoms with van der Waals surface area (Å²) in [6, 6.07) is 10.9. The third kappa shape index (κ3) is 3.51. The van der Waals surface area contributed by atoms with Crippen molar-refractivity contribution in [1.29, 1.82) is 0 Å². The lowest BCUT2D eigenvalue weighted by Gasteiger charge is -2.12. The number of carboxylic acids is 1. The Kier molecular flexibility index (Phi) is 4.88. The summed E-state index contributed by atoms with van der Waals surface area (Å²) in [7, 11) is 1.53. The molecule has 0 radical (unpaired) electrons. The molecule has 2 N–H and O–H groups in total. The van der Waals surface area contributed by atoms with Crippen LogP contribution >= 0.6 is 0 Å². The SMILES string of the molecule is CCOc1ccc(Nc2nc3cc(OC)ccc3cc2C(=O)O)c(F)c1. The highest BCUT2D eigenvalue weighted by Gasteiger charge is 2.16. The second-order valence-electron chi connectivity index (χ2n) is 5.45. The van der Waals surface area contributed by atoms with Crippen molar-refractivity contribution in [2.45, 2.75) is 6.92 Å². The van der Waals surface area contributed by atoms with Crippen LogP contribution in [0.2, 0.25) is 0 Å². The third-order valence-corrected chi connectivity index (χ3v) is 3.76. The van der Waals surface area contributed by atoms with E-state index in [9.17, 15) is 14.3 Å². The molecule has 6 nitrogen and oxygen atoms in total. The van der Waals surface area contributed by atoms with Crippen molar-refractivity contribution >= 4 is 28.4 Å². The smallest absolute Gasteiger partial charge is 0.339 e. The molecule has 0 atom stereocenters. The Morgan fingerprint density at radius 3 is 2.62 bits per heavy atom. The minimum absolute atomic E-state index is 0.0429. The van der Waals surface area contributed by atoms with Crippen molar-refractivity contribution in [2.24, 2.45) is 0 Å². The van der Waals surface area contributed by atoms with Crippen molar-refractivity contribution in [3.8, 4) is 11.5 Å². The number of ether oxygens (including phenoxy) is 2. The summed E-state index contributed by atoms with van der Waals surface area (Å²) in [6.45, 7) is 2.22. The largest absolute Gasteiger partial charge is 0.497 e. The summed E-state index contributed by atoms with van der Waals surface area (Å²) >= 11 is 0. The summed E-state index contributed by atoms with van der Waals surface area (Å²) in [4.78, 5) is 15.9. The molecule has 1 aromatic heterocycles. The predicted molar refractivity (Wildman–Crippen MR) is 96.1 cm³/mol. The van der Waals surface area contributed by atoms with Gasteiger partial charge in [-0.2, -0.15) is 0 Å². The highest BCUT2D eigenvalue weighted by Crippen LogP contribution is 2.28. The Bertz CT molecular complexity index is 975. The van der Waals surface area contributed by atoms with Gasteiger partial charge in [0, 0.05) is 17.5 Å². The van der Waals surface area contributed by atoms with Crippen molar-refractivity contribution in [3.05, 3.63) is 53.8 Å². The summed E-state index contributed by atoms with van der Waals surface area (Å²) in [5, 5.41) is 12.9. The first-order chi connectivity index (χ1) is 12.5. The van der Waals surface area contributed by atoms with E-state index in [1.165, 1.54) is 25.3 Å². The van der Waals surface area contributed by atoms with E-state index in [2.05, 4.69) is 10.3 Å². The molecule has 0 fully saturated rings. The first-order valence-electron chi connectivity index (χ1n) is 7.93. The maximum absolute atomic E-state index is 14.3. The van der Waals surface area contributed by atoms with E-state index in [1.807, 2.05) is 0 Å². The second kappa shape index (κ2) is 7.26. The van der Waals surface area contributed by atoms with Crippen molar-refractivity contribution in [1.82, 2.24) is 4.98 Å². The lowest BCUT2D eigenvalue weighted by atomic mass is 10.1. The zero-order valence-electron chi connectivity index (χ0n) is 14.2. The Morgan fingerprint density at radius 1 is 1.19 bits per heavy atom. The molecule has 134 valence electrons. The number of pyridine rings is 1. The number of anilines is 2. The number of rotatable bonds is 6. The molecule has 7 heteroatoms. The fourth-order valence-corrected chi connectivity index (χ4v) is 2.51. The zero-order chi connectivity index (χ0) is 18.7. The minimum Gasteiger partial charge on any atom is -0.497 e. The average Bonchev–Trinajstić information content (AvgIpc) is 2.63. The molecule has 26 heavy (non-hydrogen) atoms. The monoisotopic (exact) mass is 356 g/mol. The molecule has 1 heterocycles. The molecule has 3 rings (SSSR count). The number of fused-ring (bicyclic) bond motifs is 1. The minimum atomic E-state index is -1.16. The van der Waals surface area contributed by atoms with Gasteiger partial charge < -0.3 is 19.9 Å². The van der Waals surface area contributed by atoms with Gasteiger partial charge in [-0.05, 0) is 37.3 Å². The van der Waals surface area contributed by atoms with Crippen LogP contribution in [-0.4, -0.2) is 29.8 Å². The summed E-state index contributed by atoms with van der Waals surface area (Å²) in [5.41, 5.74) is 0.574. The number of nitrogens with one attached hydrogen (secondary N) is 1. The lowest BCUT2D eigenvalue weighted by Crippen LogP contribution is -2.06. The molecule has 0 aliphatic heterocycles. The number of methoxy groups -OCH3 is 1. The topological polar surface area (TPSA) is 80.7 Å². The van der Waals surface area contributed by atoms with E-state index in [0.29, 0.717) is 29.0 Å². The molecule has 0 saturated heterocycles. The van der Waals surface area contributed by atoms with Gasteiger partial charge in [-0.25, -0.2) is 14.2 Å². The van der Waals surface area contributed by atoms with Crippen LogP contribution in [0.5, 0.6) is 11.5 Å². The van der Waals surface area contributed by atoms with E-state index in [0.717, 1.165) is 0 Å². The van der Waals surface area contributed by atoms with Gasteiger partial charge in [-0.15, -0.1) is 0 Å². The van der Waals surface area contributed by atoms with Gasteiger partial charge in [0.15, 0.2) is 0 Å². The van der Waals surface area contributed by atoms with E-state index in [1.54, 1.807) is 31.2 Å². The molecule has 0 spiro atoms. The Morgan fingerprint density at radius 2 is 1.96 bits per heavy atom. The quantitative estimate of drug-likeness (QED) is 0.688. The van der Waals surface area contributed by atoms with Gasteiger partial charge in [0.25, 0.3) is 0 Å². The number of halogens is 1. The standard InChI is InChI=1S/C19H17FN2O4/c1-3-26-13-6-7-16(15(20)9-13)21-18-14(19(23)24)8-11-4-5-12(25-2)10-17(11)22-18/h4-10H,3H2,1-2H3,(H,21,22)(H,23,24). The number of benzene rings is 2. The van der Waals surface area contributed by atoms with Gasteiger partial charge in [0.05, 0.1) is 24.9 Å². The normalized spacial score (nSPS) is 10.6. The highest BCUT2D eigenvalue weighted by atomic mass is 19.1. The molecule has 3 aromatic rings. The summed E-state index contributed by atoms with van der Waals surface area (Å²) in [5.74, 6) is -0.707. The molecule has 0 bridgehead atoms. The number of aromatic carboxylic acids is 1. The molecule has 0 aliphatic carbocycles. The molecule has 0 saturated carbocycles. The number of hydrogen-bond donors (Lipinski definition) is 2. The maximum atomic E-state index is 14.3. The van der Waals surface area contributed by atoms with Gasteiger partial charge >= 0.3 is 5.97 Å². The number of aromatic nitrogens is 1. The first kappa shape index (κ1) is 17.5. The average molecular weight is 356 g/mol. The van der Waals surface area contributed by atoms with Gasteiger partial charge in [0.2, 0.25) is 0 Å². The predicted octanol–water partition coefficient (Wildman–Crippen LogP) is 4.22. The first-order valence-corrected chi connectivity index (χ1v) is 7.93. The number of carboxylic acid groups (broad SMARTS) is 1. The van der Waals surface area contributed by atoms with Crippen LogP contribution in [0.15, 0.2) is 42.5 Å². The second-order valence-corrected chi connectivity index (χ2v) is 5.45. The van der Waals surface area contributed by atoms with Crippen molar-refractivity contribution in [3.63, 3.8) is 0 Å². The summed E-state index contributed by atoms with van der Waals surface area (Å²) in [6.07, 6.45) is 0. The zero-order valence-corrected chi connectivity index (χ0v) is 14.2. The Labute approximate surface area is 149 Å². The molecular weight excluding hydrogens is 339 g/mol. The van der Waals surface area contributed by atoms with Crippen LogP contribution < -0.4 is 14.8 Å². The number of nitrogens with zero attached hydrogens (tertiary/aromatic N) is 1. The van der Waals surface area contributed by atoms with E-state index < -0.39 is 11.8 Å². The van der Waals surface area contributed by atoms with Gasteiger partial charge in [0.1, 0.15) is 28.7 Å². The molecule has 0 unspecified atom stereocenters. The van der Waals surface area contributed by atoms with Crippen molar-refractivity contribution in [2.75, 3.05) is 19.0 Å².